The lowest BCUT2D eigenvalue weighted by Gasteiger charge is -2.36. The molecule has 2 aromatic carbocycles. The molecular weight excluding hydrogens is 464 g/mol. The zero-order valence-corrected chi connectivity index (χ0v) is 20.5. The summed E-state index contributed by atoms with van der Waals surface area (Å²) in [7, 11) is 0. The van der Waals surface area contributed by atoms with E-state index in [1.54, 1.807) is 30.5 Å². The van der Waals surface area contributed by atoms with E-state index >= 15 is 0 Å². The molecule has 0 bridgehead atoms. The van der Waals surface area contributed by atoms with Gasteiger partial charge in [-0.05, 0) is 55.3 Å². The summed E-state index contributed by atoms with van der Waals surface area (Å²) in [5, 5.41) is 17.8. The van der Waals surface area contributed by atoms with Gasteiger partial charge in [0.2, 0.25) is 0 Å². The van der Waals surface area contributed by atoms with Gasteiger partial charge in [-0.2, -0.15) is 0 Å². The first-order chi connectivity index (χ1) is 16.9. The van der Waals surface area contributed by atoms with Crippen LogP contribution in [0.2, 0.25) is 5.02 Å². The Morgan fingerprint density at radius 1 is 1.29 bits per heavy atom. The number of hydrogen-bond donors (Lipinski definition) is 5. The monoisotopic (exact) mass is 492 g/mol. The fourth-order valence-corrected chi connectivity index (χ4v) is 4.88. The van der Waals surface area contributed by atoms with E-state index < -0.39 is 6.10 Å². The summed E-state index contributed by atoms with van der Waals surface area (Å²) in [6.45, 7) is 7.30. The van der Waals surface area contributed by atoms with Gasteiger partial charge in [-0.1, -0.05) is 23.7 Å². The third-order valence-corrected chi connectivity index (χ3v) is 6.75. The molecule has 0 aliphatic carbocycles. The molecule has 0 spiro atoms. The van der Waals surface area contributed by atoms with Gasteiger partial charge >= 0.3 is 0 Å². The van der Waals surface area contributed by atoms with E-state index in [2.05, 4.69) is 44.6 Å². The number of aliphatic hydroxyl groups excluding tert-OH is 1. The molecule has 182 valence electrons. The van der Waals surface area contributed by atoms with E-state index in [4.69, 9.17) is 16.6 Å². The lowest BCUT2D eigenvalue weighted by molar-refractivity contribution is 0.191. The third kappa shape index (κ3) is 4.77. The number of aromatic amines is 2. The fourth-order valence-electron chi connectivity index (χ4n) is 4.68. The molecule has 1 saturated heterocycles. The molecule has 8 nitrogen and oxygen atoms in total. The van der Waals surface area contributed by atoms with E-state index in [-0.39, 0.29) is 12.1 Å². The molecule has 1 unspecified atom stereocenters. The lowest BCUT2D eigenvalue weighted by atomic mass is 10.1. The van der Waals surface area contributed by atoms with Crippen LogP contribution in [0.25, 0.3) is 22.4 Å². The predicted molar refractivity (Wildman–Crippen MR) is 141 cm³/mol. The molecule has 4 aromatic rings. The van der Waals surface area contributed by atoms with Crippen LogP contribution in [0.4, 0.5) is 11.4 Å². The van der Waals surface area contributed by atoms with Crippen LogP contribution >= 0.6 is 11.6 Å². The summed E-state index contributed by atoms with van der Waals surface area (Å²) < 4.78 is 0. The number of rotatable bonds is 6. The number of aromatic nitrogens is 3. The summed E-state index contributed by atoms with van der Waals surface area (Å²) in [5.74, 6) is 0.482. The summed E-state index contributed by atoms with van der Waals surface area (Å²) in [6.07, 6.45) is 0.792. The molecule has 1 aliphatic heterocycles. The Kier molecular flexibility index (Phi) is 6.51. The summed E-state index contributed by atoms with van der Waals surface area (Å²) in [4.78, 5) is 26.1. The van der Waals surface area contributed by atoms with Crippen molar-refractivity contribution in [3.8, 4) is 11.4 Å². The van der Waals surface area contributed by atoms with Crippen molar-refractivity contribution in [3.63, 3.8) is 0 Å². The number of halogens is 1. The van der Waals surface area contributed by atoms with Gasteiger partial charge < -0.3 is 30.6 Å². The molecule has 5 rings (SSSR count). The normalized spacial score (nSPS) is 17.0. The van der Waals surface area contributed by atoms with Gasteiger partial charge in [-0.15, -0.1) is 0 Å². The number of nitrogens with one attached hydrogen (secondary N) is 4. The van der Waals surface area contributed by atoms with E-state index in [0.717, 1.165) is 41.9 Å². The van der Waals surface area contributed by atoms with E-state index in [1.807, 2.05) is 13.0 Å². The minimum absolute atomic E-state index is 0.209. The fraction of sp³-hybridized carbons (Fsp3) is 0.308. The van der Waals surface area contributed by atoms with Crippen LogP contribution in [0, 0.1) is 6.92 Å². The standard InChI is InChI=1S/C26H29ClN6O2/c1-15-10-19(33-9-8-28-13-16(33)2)12-21-24(15)32-25(31-21)23-20(6-7-29-26(23)35)30-14-22(34)17-4-3-5-18(27)11-17/h3-7,10-12,16,22,28,34H,8-9,13-14H2,1-2H3,(H,31,32)(H2,29,30,35)/t16?,22-/m1/s1. The number of imidazole rings is 1. The summed E-state index contributed by atoms with van der Waals surface area (Å²) in [5.41, 5.74) is 5.33. The van der Waals surface area contributed by atoms with Crippen LogP contribution in [0.15, 0.2) is 53.5 Å². The number of aliphatic hydroxyl groups is 1. The van der Waals surface area contributed by atoms with Crippen LogP contribution in [-0.2, 0) is 0 Å². The van der Waals surface area contributed by atoms with Crippen LogP contribution in [0.3, 0.4) is 0 Å². The van der Waals surface area contributed by atoms with Crippen molar-refractivity contribution in [2.45, 2.75) is 26.0 Å². The second-order valence-corrected chi connectivity index (χ2v) is 9.47. The average molecular weight is 493 g/mol. The van der Waals surface area contributed by atoms with Crippen molar-refractivity contribution in [1.29, 1.82) is 0 Å². The predicted octanol–water partition coefficient (Wildman–Crippen LogP) is 3.82. The molecule has 9 heteroatoms. The molecule has 2 atom stereocenters. The second-order valence-electron chi connectivity index (χ2n) is 9.04. The van der Waals surface area contributed by atoms with E-state index in [1.165, 1.54) is 0 Å². The maximum Gasteiger partial charge on any atom is 0.261 e. The highest BCUT2D eigenvalue weighted by molar-refractivity contribution is 6.30. The number of piperazine rings is 1. The molecule has 35 heavy (non-hydrogen) atoms. The van der Waals surface area contributed by atoms with Gasteiger partial charge in [0.25, 0.3) is 5.56 Å². The Bertz CT molecular complexity index is 1410. The maximum absolute atomic E-state index is 12.9. The van der Waals surface area contributed by atoms with Gasteiger partial charge in [0.05, 0.1) is 22.8 Å². The number of hydrogen-bond acceptors (Lipinski definition) is 6. The zero-order chi connectivity index (χ0) is 24.5. The van der Waals surface area contributed by atoms with Crippen LogP contribution in [-0.4, -0.2) is 52.3 Å². The Balaban J connectivity index is 1.46. The zero-order valence-electron chi connectivity index (χ0n) is 19.7. The average Bonchev–Trinajstić information content (AvgIpc) is 3.27. The number of nitrogens with zero attached hydrogens (tertiary/aromatic N) is 2. The third-order valence-electron chi connectivity index (χ3n) is 6.51. The number of fused-ring (bicyclic) bond motifs is 1. The minimum atomic E-state index is -0.790. The molecule has 0 saturated carbocycles. The maximum atomic E-state index is 12.9. The highest BCUT2D eigenvalue weighted by Gasteiger charge is 2.21. The molecule has 3 heterocycles. The van der Waals surface area contributed by atoms with E-state index in [0.29, 0.717) is 33.7 Å². The Hall–Kier alpha value is -3.33. The highest BCUT2D eigenvalue weighted by atomic mass is 35.5. The van der Waals surface area contributed by atoms with Crippen molar-refractivity contribution in [1.82, 2.24) is 20.3 Å². The van der Waals surface area contributed by atoms with Crippen molar-refractivity contribution in [2.75, 3.05) is 36.4 Å². The number of anilines is 2. The first-order valence-electron chi connectivity index (χ1n) is 11.8. The molecule has 1 fully saturated rings. The van der Waals surface area contributed by atoms with Gasteiger partial charge in [-0.25, -0.2) is 4.98 Å². The van der Waals surface area contributed by atoms with Crippen LogP contribution in [0.1, 0.15) is 24.2 Å². The van der Waals surface area contributed by atoms with Crippen molar-refractivity contribution < 1.29 is 5.11 Å². The molecule has 5 N–H and O–H groups in total. The summed E-state index contributed by atoms with van der Waals surface area (Å²) >= 11 is 6.06. The quantitative estimate of drug-likeness (QED) is 0.280. The Labute approximate surface area is 208 Å². The number of aryl methyl sites for hydroxylation is 1. The van der Waals surface area contributed by atoms with Gasteiger partial charge in [-0.3, -0.25) is 4.79 Å². The first kappa shape index (κ1) is 23.4. The van der Waals surface area contributed by atoms with Crippen molar-refractivity contribution in [3.05, 3.63) is 75.2 Å². The van der Waals surface area contributed by atoms with Crippen LogP contribution < -0.4 is 21.1 Å². The van der Waals surface area contributed by atoms with Gasteiger partial charge in [0.15, 0.2) is 0 Å². The molecule has 0 amide bonds. The van der Waals surface area contributed by atoms with Gasteiger partial charge in [0.1, 0.15) is 11.4 Å². The molecule has 0 radical (unpaired) electrons. The summed E-state index contributed by atoms with van der Waals surface area (Å²) in [6, 6.07) is 13.5. The van der Waals surface area contributed by atoms with Crippen molar-refractivity contribution >= 4 is 34.0 Å². The second kappa shape index (κ2) is 9.73. The molecule has 2 aromatic heterocycles. The molecule has 1 aliphatic rings. The Morgan fingerprint density at radius 3 is 2.94 bits per heavy atom. The SMILES string of the molecule is Cc1cc(N2CCNCC2C)cc2[nH]c(-c3c(NC[C@@H](O)c4cccc(Cl)c4)cc[nH]c3=O)nc12. The first-order valence-corrected chi connectivity index (χ1v) is 12.2. The number of benzene rings is 2. The highest BCUT2D eigenvalue weighted by Crippen LogP contribution is 2.30. The molecular formula is C26H29ClN6O2. The number of H-pyrrole nitrogens is 2. The topological polar surface area (TPSA) is 109 Å². The Morgan fingerprint density at radius 2 is 2.14 bits per heavy atom. The number of pyridine rings is 1. The van der Waals surface area contributed by atoms with Crippen LogP contribution in [0.5, 0.6) is 0 Å². The van der Waals surface area contributed by atoms with Crippen molar-refractivity contribution in [2.24, 2.45) is 0 Å². The minimum Gasteiger partial charge on any atom is -0.387 e. The smallest absolute Gasteiger partial charge is 0.261 e. The van der Waals surface area contributed by atoms with Gasteiger partial charge in [0, 0.05) is 49.1 Å². The van der Waals surface area contributed by atoms with E-state index in [9.17, 15) is 9.90 Å². The lowest BCUT2D eigenvalue weighted by Crippen LogP contribution is -2.49. The largest absolute Gasteiger partial charge is 0.387 e.